The largest absolute Gasteiger partial charge is 0.456 e. The molecule has 0 N–H and O–H groups in total. The summed E-state index contributed by atoms with van der Waals surface area (Å²) in [7, 11) is 3.87. The van der Waals surface area contributed by atoms with Crippen LogP contribution in [0.15, 0.2) is 54.6 Å². The summed E-state index contributed by atoms with van der Waals surface area (Å²) in [5.41, 5.74) is 3.85. The lowest BCUT2D eigenvalue weighted by atomic mass is 10.2. The highest BCUT2D eigenvalue weighted by Gasteiger charge is 2.18. The lowest BCUT2D eigenvalue weighted by molar-refractivity contribution is 0.0465. The van der Waals surface area contributed by atoms with Crippen molar-refractivity contribution in [3.63, 3.8) is 0 Å². The van der Waals surface area contributed by atoms with E-state index in [0.29, 0.717) is 22.5 Å². The van der Waals surface area contributed by atoms with Gasteiger partial charge in [0.15, 0.2) is 0 Å². The maximum absolute atomic E-state index is 12.4. The molecule has 3 aromatic rings. The van der Waals surface area contributed by atoms with E-state index in [9.17, 15) is 10.1 Å². The summed E-state index contributed by atoms with van der Waals surface area (Å²) in [5, 5.41) is 13.9. The molecule has 0 atom stereocenters. The molecule has 0 bridgehead atoms. The second-order valence-corrected chi connectivity index (χ2v) is 6.28. The first kappa shape index (κ1) is 18.2. The zero-order chi connectivity index (χ0) is 19.4. The van der Waals surface area contributed by atoms with Crippen molar-refractivity contribution in [2.75, 3.05) is 19.0 Å². The smallest absolute Gasteiger partial charge is 0.338 e. The van der Waals surface area contributed by atoms with E-state index in [4.69, 9.17) is 4.74 Å². The van der Waals surface area contributed by atoms with Gasteiger partial charge in [0, 0.05) is 19.8 Å². The van der Waals surface area contributed by atoms with Crippen molar-refractivity contribution in [1.82, 2.24) is 9.78 Å². The molecule has 0 spiro atoms. The van der Waals surface area contributed by atoms with Gasteiger partial charge in [-0.2, -0.15) is 10.4 Å². The Morgan fingerprint density at radius 3 is 2.41 bits per heavy atom. The summed E-state index contributed by atoms with van der Waals surface area (Å²) in [5.74, 6) is -0.442. The van der Waals surface area contributed by atoms with Gasteiger partial charge >= 0.3 is 5.97 Å². The minimum absolute atomic E-state index is 0.0348. The minimum Gasteiger partial charge on any atom is -0.456 e. The fourth-order valence-electron chi connectivity index (χ4n) is 2.75. The molecule has 0 saturated heterocycles. The van der Waals surface area contributed by atoms with Gasteiger partial charge in [-0.05, 0) is 43.3 Å². The van der Waals surface area contributed by atoms with Gasteiger partial charge in [0.1, 0.15) is 18.2 Å². The molecule has 136 valence electrons. The number of nitriles is 1. The molecule has 3 rings (SSSR count). The molecule has 0 aliphatic rings. The van der Waals surface area contributed by atoms with Crippen molar-refractivity contribution >= 4 is 11.7 Å². The van der Waals surface area contributed by atoms with Crippen LogP contribution in [0.3, 0.4) is 0 Å². The highest BCUT2D eigenvalue weighted by atomic mass is 16.5. The SMILES string of the molecule is Cc1nn(-c2ccccc2)c(COC(=O)c2ccc(N(C)C)cc2)c1C#N. The van der Waals surface area contributed by atoms with Crippen LogP contribution in [0.5, 0.6) is 0 Å². The highest BCUT2D eigenvalue weighted by Crippen LogP contribution is 2.20. The Hall–Kier alpha value is -3.59. The van der Waals surface area contributed by atoms with Gasteiger partial charge in [-0.3, -0.25) is 0 Å². The minimum atomic E-state index is -0.442. The van der Waals surface area contributed by atoms with E-state index in [-0.39, 0.29) is 6.61 Å². The fourth-order valence-corrected chi connectivity index (χ4v) is 2.75. The number of carbonyl (C=O) groups is 1. The van der Waals surface area contributed by atoms with Crippen LogP contribution in [0, 0.1) is 18.3 Å². The number of hydrogen-bond acceptors (Lipinski definition) is 5. The average molecular weight is 360 g/mol. The molecule has 0 aliphatic carbocycles. The van der Waals surface area contributed by atoms with Crippen LogP contribution in [0.25, 0.3) is 5.69 Å². The molecule has 0 aliphatic heterocycles. The number of para-hydroxylation sites is 1. The normalized spacial score (nSPS) is 10.3. The maximum Gasteiger partial charge on any atom is 0.338 e. The van der Waals surface area contributed by atoms with E-state index in [0.717, 1.165) is 11.4 Å². The van der Waals surface area contributed by atoms with Gasteiger partial charge in [0.05, 0.1) is 22.6 Å². The molecule has 27 heavy (non-hydrogen) atoms. The van der Waals surface area contributed by atoms with Crippen molar-refractivity contribution < 1.29 is 9.53 Å². The van der Waals surface area contributed by atoms with Gasteiger partial charge in [-0.15, -0.1) is 0 Å². The third kappa shape index (κ3) is 3.82. The maximum atomic E-state index is 12.4. The number of esters is 1. The van der Waals surface area contributed by atoms with E-state index < -0.39 is 5.97 Å². The average Bonchev–Trinajstić information content (AvgIpc) is 3.02. The van der Waals surface area contributed by atoms with Crippen molar-refractivity contribution in [2.24, 2.45) is 0 Å². The van der Waals surface area contributed by atoms with Crippen molar-refractivity contribution in [1.29, 1.82) is 5.26 Å². The summed E-state index contributed by atoms with van der Waals surface area (Å²) in [4.78, 5) is 14.4. The lowest BCUT2D eigenvalue weighted by Gasteiger charge is -2.12. The first-order valence-corrected chi connectivity index (χ1v) is 8.49. The second-order valence-electron chi connectivity index (χ2n) is 6.28. The van der Waals surface area contributed by atoms with Crippen LogP contribution in [-0.4, -0.2) is 29.8 Å². The van der Waals surface area contributed by atoms with Gasteiger partial charge in [-0.25, -0.2) is 9.48 Å². The van der Waals surface area contributed by atoms with Crippen LogP contribution >= 0.6 is 0 Å². The second kappa shape index (κ2) is 7.75. The molecule has 0 radical (unpaired) electrons. The van der Waals surface area contributed by atoms with Gasteiger partial charge < -0.3 is 9.64 Å². The van der Waals surface area contributed by atoms with E-state index in [1.165, 1.54) is 0 Å². The number of anilines is 1. The fraction of sp³-hybridized carbons (Fsp3) is 0.190. The number of hydrogen-bond donors (Lipinski definition) is 0. The first-order valence-electron chi connectivity index (χ1n) is 8.49. The summed E-state index contributed by atoms with van der Waals surface area (Å²) in [6.07, 6.45) is 0. The number of ether oxygens (including phenoxy) is 1. The topological polar surface area (TPSA) is 71.2 Å². The number of aromatic nitrogens is 2. The number of aryl methyl sites for hydroxylation is 1. The lowest BCUT2D eigenvalue weighted by Crippen LogP contribution is -2.11. The van der Waals surface area contributed by atoms with Crippen LogP contribution < -0.4 is 4.90 Å². The number of benzene rings is 2. The summed E-state index contributed by atoms with van der Waals surface area (Å²) >= 11 is 0. The predicted molar refractivity (Wildman–Crippen MR) is 103 cm³/mol. The summed E-state index contributed by atoms with van der Waals surface area (Å²) < 4.78 is 7.12. The van der Waals surface area contributed by atoms with Crippen LogP contribution in [0.4, 0.5) is 5.69 Å². The van der Waals surface area contributed by atoms with E-state index in [1.54, 1.807) is 23.7 Å². The molecular formula is C21H20N4O2. The molecule has 2 aromatic carbocycles. The zero-order valence-electron chi connectivity index (χ0n) is 15.5. The standard InChI is InChI=1S/C21H20N4O2/c1-15-19(13-22)20(25(23-15)18-7-5-4-6-8-18)14-27-21(26)16-9-11-17(12-10-16)24(2)3/h4-12H,14H2,1-3H3. The monoisotopic (exact) mass is 360 g/mol. The Morgan fingerprint density at radius 1 is 1.15 bits per heavy atom. The van der Waals surface area contributed by atoms with Gasteiger partial charge in [0.2, 0.25) is 0 Å². The molecule has 6 heteroatoms. The third-order valence-electron chi connectivity index (χ3n) is 4.23. The molecule has 6 nitrogen and oxygen atoms in total. The molecule has 1 aromatic heterocycles. The Balaban J connectivity index is 1.83. The Morgan fingerprint density at radius 2 is 1.81 bits per heavy atom. The van der Waals surface area contributed by atoms with Crippen LogP contribution in [0.1, 0.15) is 27.3 Å². The van der Waals surface area contributed by atoms with E-state index >= 15 is 0 Å². The van der Waals surface area contributed by atoms with Crippen molar-refractivity contribution in [3.8, 4) is 11.8 Å². The number of rotatable bonds is 5. The molecule has 0 fully saturated rings. The number of carbonyl (C=O) groups excluding carboxylic acids is 1. The molecule has 0 unspecified atom stereocenters. The van der Waals surface area contributed by atoms with Crippen LogP contribution in [-0.2, 0) is 11.3 Å². The van der Waals surface area contributed by atoms with Crippen LogP contribution in [0.2, 0.25) is 0 Å². The van der Waals surface area contributed by atoms with Crippen molar-refractivity contribution in [3.05, 3.63) is 77.1 Å². The van der Waals surface area contributed by atoms with Crippen molar-refractivity contribution in [2.45, 2.75) is 13.5 Å². The third-order valence-corrected chi connectivity index (χ3v) is 4.23. The zero-order valence-corrected chi connectivity index (χ0v) is 15.5. The van der Waals surface area contributed by atoms with E-state index in [2.05, 4.69) is 11.2 Å². The first-order chi connectivity index (χ1) is 13.0. The molecule has 0 amide bonds. The molecule has 1 heterocycles. The number of nitrogens with zero attached hydrogens (tertiary/aromatic N) is 4. The quantitative estimate of drug-likeness (QED) is 0.652. The van der Waals surface area contributed by atoms with E-state index in [1.807, 2.05) is 61.5 Å². The van der Waals surface area contributed by atoms with Gasteiger partial charge in [0.25, 0.3) is 0 Å². The molecular weight excluding hydrogens is 340 g/mol. The van der Waals surface area contributed by atoms with Gasteiger partial charge in [-0.1, -0.05) is 18.2 Å². The molecule has 0 saturated carbocycles. The Labute approximate surface area is 158 Å². The Kier molecular flexibility index (Phi) is 5.23. The Bertz CT molecular complexity index is 984. The summed E-state index contributed by atoms with van der Waals surface area (Å²) in [6.45, 7) is 1.73. The summed E-state index contributed by atoms with van der Waals surface area (Å²) in [6, 6.07) is 18.8. The highest BCUT2D eigenvalue weighted by molar-refractivity contribution is 5.89. The predicted octanol–water partition coefficient (Wildman–Crippen LogP) is 3.48.